The van der Waals surface area contributed by atoms with Crippen molar-refractivity contribution < 1.29 is 4.79 Å². The molecule has 0 fully saturated rings. The number of nitrogens with two attached hydrogens (primary N) is 1. The fraction of sp³-hybridized carbons (Fsp3) is 0.733. The second-order valence-corrected chi connectivity index (χ2v) is 6.42. The van der Waals surface area contributed by atoms with Crippen LogP contribution in [0.3, 0.4) is 0 Å². The maximum Gasteiger partial charge on any atom is 0.137 e. The molecule has 1 unspecified atom stereocenters. The van der Waals surface area contributed by atoms with Gasteiger partial charge in [-0.2, -0.15) is 5.10 Å². The number of nitrogens with zero attached hydrogens (tertiary/aromatic N) is 2. The van der Waals surface area contributed by atoms with E-state index >= 15 is 0 Å². The van der Waals surface area contributed by atoms with Gasteiger partial charge in [0.15, 0.2) is 0 Å². The summed E-state index contributed by atoms with van der Waals surface area (Å²) in [5.41, 5.74) is 6.88. The molecule has 0 aliphatic carbocycles. The number of aryl methyl sites for hydroxylation is 1. The number of hydrogen-bond donors (Lipinski definition) is 1. The third-order valence-corrected chi connectivity index (χ3v) is 3.67. The lowest BCUT2D eigenvalue weighted by atomic mass is 9.76. The molecule has 4 nitrogen and oxygen atoms in total. The predicted molar refractivity (Wildman–Crippen MR) is 77.8 cm³/mol. The number of carbonyl (C=O) groups is 1. The van der Waals surface area contributed by atoms with Crippen molar-refractivity contribution in [2.75, 3.05) is 6.54 Å². The zero-order valence-electron chi connectivity index (χ0n) is 12.6. The summed E-state index contributed by atoms with van der Waals surface area (Å²) in [6.45, 7) is 7.36. The molecule has 0 amide bonds. The molecule has 1 heterocycles. The van der Waals surface area contributed by atoms with Gasteiger partial charge in [0.25, 0.3) is 0 Å². The third kappa shape index (κ3) is 5.55. The van der Waals surface area contributed by atoms with Crippen LogP contribution in [0.4, 0.5) is 0 Å². The molecule has 0 saturated carbocycles. The Morgan fingerprint density at radius 3 is 2.58 bits per heavy atom. The highest BCUT2D eigenvalue weighted by atomic mass is 16.1. The van der Waals surface area contributed by atoms with Crippen LogP contribution in [0, 0.1) is 11.3 Å². The summed E-state index contributed by atoms with van der Waals surface area (Å²) in [4.78, 5) is 12.0. The molecule has 2 N–H and O–H groups in total. The monoisotopic (exact) mass is 265 g/mol. The van der Waals surface area contributed by atoms with Gasteiger partial charge in [0, 0.05) is 26.1 Å². The molecule has 1 aromatic heterocycles. The normalized spacial score (nSPS) is 13.5. The summed E-state index contributed by atoms with van der Waals surface area (Å²) >= 11 is 0. The highest BCUT2D eigenvalue weighted by Gasteiger charge is 2.24. The first kappa shape index (κ1) is 15.9. The fourth-order valence-electron chi connectivity index (χ4n) is 2.43. The molecule has 1 atom stereocenters. The summed E-state index contributed by atoms with van der Waals surface area (Å²) in [5, 5.41) is 4.08. The van der Waals surface area contributed by atoms with E-state index in [9.17, 15) is 4.79 Å². The first-order valence-corrected chi connectivity index (χ1v) is 7.02. The lowest BCUT2D eigenvalue weighted by Crippen LogP contribution is -2.24. The highest BCUT2D eigenvalue weighted by Crippen LogP contribution is 2.32. The van der Waals surface area contributed by atoms with Crippen LogP contribution in [0.2, 0.25) is 0 Å². The van der Waals surface area contributed by atoms with E-state index in [1.807, 2.05) is 13.2 Å². The number of Topliss-reactive ketones (excluding diaryl/α,β-unsaturated/α-hetero) is 1. The Labute approximate surface area is 116 Å². The first-order chi connectivity index (χ1) is 8.82. The van der Waals surface area contributed by atoms with Crippen LogP contribution in [-0.4, -0.2) is 22.1 Å². The van der Waals surface area contributed by atoms with Gasteiger partial charge in [-0.3, -0.25) is 9.48 Å². The minimum Gasteiger partial charge on any atom is -0.330 e. The Kier molecular flexibility index (Phi) is 5.73. The molecule has 0 bridgehead atoms. The van der Waals surface area contributed by atoms with E-state index in [1.165, 1.54) is 0 Å². The van der Waals surface area contributed by atoms with Crippen molar-refractivity contribution in [3.63, 3.8) is 0 Å². The zero-order chi connectivity index (χ0) is 14.5. The van der Waals surface area contributed by atoms with Gasteiger partial charge in [0.1, 0.15) is 5.78 Å². The van der Waals surface area contributed by atoms with Crippen LogP contribution in [0.15, 0.2) is 12.4 Å². The van der Waals surface area contributed by atoms with Gasteiger partial charge in [-0.1, -0.05) is 20.8 Å². The van der Waals surface area contributed by atoms with E-state index in [4.69, 9.17) is 5.73 Å². The number of carbonyl (C=O) groups excluding carboxylic acids is 1. The lowest BCUT2D eigenvalue weighted by Gasteiger charge is -2.30. The summed E-state index contributed by atoms with van der Waals surface area (Å²) in [7, 11) is 1.87. The van der Waals surface area contributed by atoms with Gasteiger partial charge in [0.2, 0.25) is 0 Å². The van der Waals surface area contributed by atoms with Gasteiger partial charge < -0.3 is 5.73 Å². The maximum atomic E-state index is 12.0. The van der Waals surface area contributed by atoms with Crippen molar-refractivity contribution >= 4 is 5.78 Å². The van der Waals surface area contributed by atoms with E-state index < -0.39 is 0 Å². The minimum absolute atomic E-state index is 0.216. The molecular formula is C15H27N3O. The molecule has 0 spiro atoms. The second-order valence-electron chi connectivity index (χ2n) is 6.42. The van der Waals surface area contributed by atoms with Crippen LogP contribution in [0.5, 0.6) is 0 Å². The third-order valence-electron chi connectivity index (χ3n) is 3.67. The second kappa shape index (κ2) is 6.85. The van der Waals surface area contributed by atoms with Crippen LogP contribution >= 0.6 is 0 Å². The Bertz CT molecular complexity index is 404. The molecule has 108 valence electrons. The zero-order valence-corrected chi connectivity index (χ0v) is 12.6. The molecule has 0 aliphatic rings. The van der Waals surface area contributed by atoms with Crippen molar-refractivity contribution in [3.05, 3.63) is 18.0 Å². The van der Waals surface area contributed by atoms with Crippen LogP contribution in [0.1, 0.15) is 45.6 Å². The van der Waals surface area contributed by atoms with E-state index in [0.717, 1.165) is 18.4 Å². The number of rotatable bonds is 7. The molecular weight excluding hydrogens is 238 g/mol. The summed E-state index contributed by atoms with van der Waals surface area (Å²) in [5.74, 6) is 0.801. The van der Waals surface area contributed by atoms with E-state index in [0.29, 0.717) is 31.1 Å². The van der Waals surface area contributed by atoms with Crippen molar-refractivity contribution in [2.45, 2.75) is 46.5 Å². The number of hydrogen-bond acceptors (Lipinski definition) is 3. The van der Waals surface area contributed by atoms with Gasteiger partial charge in [-0.15, -0.1) is 0 Å². The van der Waals surface area contributed by atoms with Crippen LogP contribution in [0.25, 0.3) is 0 Å². The smallest absolute Gasteiger partial charge is 0.137 e. The van der Waals surface area contributed by atoms with Crippen molar-refractivity contribution in [1.82, 2.24) is 9.78 Å². The molecule has 1 rings (SSSR count). The number of ketones is 1. The first-order valence-electron chi connectivity index (χ1n) is 7.02. The van der Waals surface area contributed by atoms with Crippen LogP contribution in [-0.2, 0) is 18.3 Å². The van der Waals surface area contributed by atoms with E-state index in [1.54, 1.807) is 10.9 Å². The molecule has 0 aromatic carbocycles. The maximum absolute atomic E-state index is 12.0. The molecule has 19 heavy (non-hydrogen) atoms. The fourth-order valence-corrected chi connectivity index (χ4v) is 2.43. The topological polar surface area (TPSA) is 60.9 Å². The van der Waals surface area contributed by atoms with Crippen molar-refractivity contribution in [3.8, 4) is 0 Å². The average Bonchev–Trinajstić information content (AvgIpc) is 2.68. The molecule has 0 aliphatic heterocycles. The molecule has 0 radical (unpaired) electrons. The Morgan fingerprint density at radius 1 is 1.42 bits per heavy atom. The van der Waals surface area contributed by atoms with E-state index in [2.05, 4.69) is 25.9 Å². The summed E-state index contributed by atoms with van der Waals surface area (Å²) in [6, 6.07) is 0. The lowest BCUT2D eigenvalue weighted by molar-refractivity contribution is -0.118. The van der Waals surface area contributed by atoms with Crippen LogP contribution < -0.4 is 5.73 Å². The largest absolute Gasteiger partial charge is 0.330 e. The SMILES string of the molecule is Cn1cc(CC(=O)CCC(CCN)C(C)(C)C)cn1. The van der Waals surface area contributed by atoms with Crippen molar-refractivity contribution in [2.24, 2.45) is 24.1 Å². The number of aromatic nitrogens is 2. The molecule has 1 aromatic rings. The average molecular weight is 265 g/mol. The quantitative estimate of drug-likeness (QED) is 0.823. The Morgan fingerprint density at radius 2 is 2.11 bits per heavy atom. The Balaban J connectivity index is 2.43. The van der Waals surface area contributed by atoms with Gasteiger partial charge in [-0.25, -0.2) is 0 Å². The molecule has 0 saturated heterocycles. The minimum atomic E-state index is 0.216. The standard InChI is InChI=1S/C15H27N3O/c1-15(2,3)13(7-8-16)5-6-14(19)9-12-10-17-18(4)11-12/h10-11,13H,5-9,16H2,1-4H3. The van der Waals surface area contributed by atoms with Gasteiger partial charge in [0.05, 0.1) is 6.20 Å². The van der Waals surface area contributed by atoms with Gasteiger partial charge in [-0.05, 0) is 36.3 Å². The molecule has 4 heteroatoms. The van der Waals surface area contributed by atoms with Crippen molar-refractivity contribution in [1.29, 1.82) is 0 Å². The summed E-state index contributed by atoms with van der Waals surface area (Å²) in [6.07, 6.45) is 6.71. The van der Waals surface area contributed by atoms with E-state index in [-0.39, 0.29) is 5.41 Å². The Hall–Kier alpha value is -1.16. The summed E-state index contributed by atoms with van der Waals surface area (Å²) < 4.78 is 1.73. The highest BCUT2D eigenvalue weighted by molar-refractivity contribution is 5.80. The predicted octanol–water partition coefficient (Wildman–Crippen LogP) is 2.32. The van der Waals surface area contributed by atoms with Gasteiger partial charge >= 0.3 is 0 Å².